The van der Waals surface area contributed by atoms with Crippen LogP contribution in [0.2, 0.25) is 5.02 Å². The molecule has 3 aromatic rings. The van der Waals surface area contributed by atoms with E-state index in [1.165, 1.54) is 25.3 Å². The smallest absolute Gasteiger partial charge is 0.343 e. The number of halogens is 1. The molecule has 1 heterocycles. The third-order valence-corrected chi connectivity index (χ3v) is 3.48. The third kappa shape index (κ3) is 3.05. The van der Waals surface area contributed by atoms with Gasteiger partial charge < -0.3 is 13.9 Å². The molecule has 6 heteroatoms. The Kier molecular flexibility index (Phi) is 4.04. The molecule has 3 rings (SSSR count). The first-order valence-corrected chi connectivity index (χ1v) is 7.03. The highest BCUT2D eigenvalue weighted by atomic mass is 35.5. The standard InChI is InChI=1S/C17H11ClO5/c1-21-11-4-2-3-10(7-11)17(20)23-12-5-6-13-15(8-12)22-9-14(18)16(13)19/h2-9H,1H3. The maximum absolute atomic E-state index is 12.1. The van der Waals surface area contributed by atoms with Crippen molar-refractivity contribution in [2.24, 2.45) is 0 Å². The van der Waals surface area contributed by atoms with Crippen LogP contribution in [0, 0.1) is 0 Å². The van der Waals surface area contributed by atoms with E-state index in [4.69, 9.17) is 25.5 Å². The van der Waals surface area contributed by atoms with Crippen molar-refractivity contribution in [3.05, 3.63) is 69.5 Å². The summed E-state index contributed by atoms with van der Waals surface area (Å²) in [6.45, 7) is 0. The summed E-state index contributed by atoms with van der Waals surface area (Å²) in [6, 6.07) is 11.1. The maximum Gasteiger partial charge on any atom is 0.343 e. The number of benzene rings is 2. The number of fused-ring (bicyclic) bond motifs is 1. The molecule has 0 saturated heterocycles. The first-order valence-electron chi connectivity index (χ1n) is 6.66. The van der Waals surface area contributed by atoms with Gasteiger partial charge in [-0.15, -0.1) is 0 Å². The molecule has 0 atom stereocenters. The average molecular weight is 331 g/mol. The SMILES string of the molecule is COc1cccc(C(=O)Oc2ccc3c(=O)c(Cl)coc3c2)c1. The lowest BCUT2D eigenvalue weighted by molar-refractivity contribution is 0.0734. The van der Waals surface area contributed by atoms with E-state index in [9.17, 15) is 9.59 Å². The van der Waals surface area contributed by atoms with Crippen molar-refractivity contribution in [2.75, 3.05) is 7.11 Å². The molecule has 0 radical (unpaired) electrons. The van der Waals surface area contributed by atoms with Gasteiger partial charge in [0.15, 0.2) is 0 Å². The lowest BCUT2D eigenvalue weighted by Gasteiger charge is -2.06. The number of rotatable bonds is 3. The van der Waals surface area contributed by atoms with Crippen LogP contribution >= 0.6 is 11.6 Å². The normalized spacial score (nSPS) is 10.5. The van der Waals surface area contributed by atoms with Gasteiger partial charge in [-0.3, -0.25) is 4.79 Å². The van der Waals surface area contributed by atoms with Crippen LogP contribution in [0.1, 0.15) is 10.4 Å². The predicted molar refractivity (Wildman–Crippen MR) is 85.4 cm³/mol. The monoisotopic (exact) mass is 330 g/mol. The quantitative estimate of drug-likeness (QED) is 0.541. The molecular weight excluding hydrogens is 320 g/mol. The van der Waals surface area contributed by atoms with Gasteiger partial charge in [0, 0.05) is 6.07 Å². The Labute approximate surface area is 136 Å². The van der Waals surface area contributed by atoms with Crippen LogP contribution in [0.5, 0.6) is 11.5 Å². The van der Waals surface area contributed by atoms with E-state index in [-0.39, 0.29) is 21.8 Å². The van der Waals surface area contributed by atoms with E-state index < -0.39 is 5.97 Å². The van der Waals surface area contributed by atoms with Crippen molar-refractivity contribution in [3.63, 3.8) is 0 Å². The van der Waals surface area contributed by atoms with Crippen molar-refractivity contribution in [2.45, 2.75) is 0 Å². The number of hydrogen-bond donors (Lipinski definition) is 0. The van der Waals surface area contributed by atoms with E-state index in [1.54, 1.807) is 24.3 Å². The molecule has 23 heavy (non-hydrogen) atoms. The Balaban J connectivity index is 1.90. The predicted octanol–water partition coefficient (Wildman–Crippen LogP) is 3.67. The van der Waals surface area contributed by atoms with Crippen LogP contribution < -0.4 is 14.9 Å². The number of esters is 1. The zero-order chi connectivity index (χ0) is 16.4. The van der Waals surface area contributed by atoms with Gasteiger partial charge in [-0.05, 0) is 30.3 Å². The van der Waals surface area contributed by atoms with Crippen molar-refractivity contribution in [1.82, 2.24) is 0 Å². The van der Waals surface area contributed by atoms with Crippen LogP contribution in [-0.4, -0.2) is 13.1 Å². The topological polar surface area (TPSA) is 65.7 Å². The second-order valence-electron chi connectivity index (χ2n) is 4.69. The number of carbonyl (C=O) groups is 1. The molecule has 116 valence electrons. The summed E-state index contributed by atoms with van der Waals surface area (Å²) in [5.41, 5.74) is 0.302. The lowest BCUT2D eigenvalue weighted by Crippen LogP contribution is -2.09. The van der Waals surface area contributed by atoms with Gasteiger partial charge in [0.2, 0.25) is 5.43 Å². The molecule has 0 N–H and O–H groups in total. The van der Waals surface area contributed by atoms with Crippen LogP contribution in [-0.2, 0) is 0 Å². The Morgan fingerprint density at radius 1 is 1.13 bits per heavy atom. The van der Waals surface area contributed by atoms with Crippen molar-refractivity contribution < 1.29 is 18.7 Å². The first-order chi connectivity index (χ1) is 11.1. The zero-order valence-electron chi connectivity index (χ0n) is 12.0. The number of ether oxygens (including phenoxy) is 2. The molecular formula is C17H11ClO5. The summed E-state index contributed by atoms with van der Waals surface area (Å²) in [4.78, 5) is 24.0. The van der Waals surface area contributed by atoms with Crippen LogP contribution in [0.15, 0.2) is 57.9 Å². The van der Waals surface area contributed by atoms with E-state index >= 15 is 0 Å². The van der Waals surface area contributed by atoms with Gasteiger partial charge in [0.05, 0.1) is 18.1 Å². The summed E-state index contributed by atoms with van der Waals surface area (Å²) in [7, 11) is 1.51. The summed E-state index contributed by atoms with van der Waals surface area (Å²) >= 11 is 5.72. The molecule has 2 aromatic carbocycles. The fourth-order valence-corrected chi connectivity index (χ4v) is 2.21. The summed E-state index contributed by atoms with van der Waals surface area (Å²) in [5, 5.41) is 0.317. The summed E-state index contributed by atoms with van der Waals surface area (Å²) in [6.07, 6.45) is 1.15. The highest BCUT2D eigenvalue weighted by Crippen LogP contribution is 2.22. The van der Waals surface area contributed by atoms with Gasteiger partial charge in [-0.1, -0.05) is 17.7 Å². The molecule has 0 saturated carbocycles. The fourth-order valence-electron chi connectivity index (χ4n) is 2.06. The largest absolute Gasteiger partial charge is 0.497 e. The van der Waals surface area contributed by atoms with Crippen molar-refractivity contribution in [3.8, 4) is 11.5 Å². The number of hydrogen-bond acceptors (Lipinski definition) is 5. The number of carbonyl (C=O) groups excluding carboxylic acids is 1. The minimum absolute atomic E-state index is 0.00127. The van der Waals surface area contributed by atoms with E-state index in [1.807, 2.05) is 0 Å². The molecule has 0 aliphatic heterocycles. The molecule has 0 aliphatic carbocycles. The highest BCUT2D eigenvalue weighted by Gasteiger charge is 2.12. The maximum atomic E-state index is 12.1. The number of methoxy groups -OCH3 is 1. The van der Waals surface area contributed by atoms with Crippen molar-refractivity contribution >= 4 is 28.5 Å². The minimum Gasteiger partial charge on any atom is -0.497 e. The Morgan fingerprint density at radius 2 is 1.96 bits per heavy atom. The van der Waals surface area contributed by atoms with Crippen LogP contribution in [0.4, 0.5) is 0 Å². The second kappa shape index (κ2) is 6.14. The van der Waals surface area contributed by atoms with E-state index in [0.717, 1.165) is 6.26 Å². The van der Waals surface area contributed by atoms with E-state index in [2.05, 4.69) is 0 Å². The highest BCUT2D eigenvalue weighted by molar-refractivity contribution is 6.30. The molecule has 0 spiro atoms. The van der Waals surface area contributed by atoms with Crippen molar-refractivity contribution in [1.29, 1.82) is 0 Å². The molecule has 0 bridgehead atoms. The van der Waals surface area contributed by atoms with Gasteiger partial charge in [0.25, 0.3) is 0 Å². The lowest BCUT2D eigenvalue weighted by atomic mass is 10.2. The molecule has 0 amide bonds. The third-order valence-electron chi connectivity index (χ3n) is 3.22. The Morgan fingerprint density at radius 3 is 2.74 bits per heavy atom. The molecule has 0 unspecified atom stereocenters. The minimum atomic E-state index is -0.542. The zero-order valence-corrected chi connectivity index (χ0v) is 12.8. The van der Waals surface area contributed by atoms with Crippen LogP contribution in [0.25, 0.3) is 11.0 Å². The van der Waals surface area contributed by atoms with Gasteiger partial charge in [-0.25, -0.2) is 4.79 Å². The Hall–Kier alpha value is -2.79. The van der Waals surface area contributed by atoms with Crippen LogP contribution in [0.3, 0.4) is 0 Å². The molecule has 1 aromatic heterocycles. The van der Waals surface area contributed by atoms with Gasteiger partial charge >= 0.3 is 5.97 Å². The fraction of sp³-hybridized carbons (Fsp3) is 0.0588. The van der Waals surface area contributed by atoms with Gasteiger partial charge in [-0.2, -0.15) is 0 Å². The summed E-state index contributed by atoms with van der Waals surface area (Å²) in [5.74, 6) is 0.272. The Bertz CT molecular complexity index is 945. The molecule has 5 nitrogen and oxygen atoms in total. The first kappa shape index (κ1) is 15.1. The van der Waals surface area contributed by atoms with E-state index in [0.29, 0.717) is 16.7 Å². The molecule has 0 fully saturated rings. The average Bonchev–Trinajstić information content (AvgIpc) is 2.58. The van der Waals surface area contributed by atoms with Gasteiger partial charge in [0.1, 0.15) is 28.4 Å². The second-order valence-corrected chi connectivity index (χ2v) is 5.10. The summed E-state index contributed by atoms with van der Waals surface area (Å²) < 4.78 is 15.6. The molecule has 0 aliphatic rings.